The number of likely N-dealkylation sites (tertiary alicyclic amines) is 1. The molecule has 7 nitrogen and oxygen atoms in total. The SMILES string of the molecule is Cc1oc2nc(-c3ccccc3Cl)nn2c1C(=O)NCCN1CCCCC1. The van der Waals surface area contributed by atoms with Crippen LogP contribution in [0.1, 0.15) is 35.5 Å². The number of aryl methyl sites for hydroxylation is 1. The molecule has 2 aromatic heterocycles. The highest BCUT2D eigenvalue weighted by Crippen LogP contribution is 2.26. The van der Waals surface area contributed by atoms with Crippen molar-refractivity contribution in [1.82, 2.24) is 24.8 Å². The number of nitrogens with one attached hydrogen (secondary N) is 1. The van der Waals surface area contributed by atoms with Crippen LogP contribution in [0.15, 0.2) is 28.7 Å². The normalized spacial score (nSPS) is 15.3. The van der Waals surface area contributed by atoms with Gasteiger partial charge in [-0.15, -0.1) is 5.10 Å². The summed E-state index contributed by atoms with van der Waals surface area (Å²) in [4.78, 5) is 19.4. The fraction of sp³-hybridized carbons (Fsp3) is 0.421. The van der Waals surface area contributed by atoms with Crippen molar-refractivity contribution in [2.24, 2.45) is 0 Å². The number of piperidine rings is 1. The number of hydrogen-bond donors (Lipinski definition) is 1. The zero-order valence-electron chi connectivity index (χ0n) is 15.2. The van der Waals surface area contributed by atoms with Crippen LogP contribution in [0.2, 0.25) is 5.02 Å². The van der Waals surface area contributed by atoms with E-state index in [-0.39, 0.29) is 11.8 Å². The van der Waals surface area contributed by atoms with E-state index in [2.05, 4.69) is 20.3 Å². The van der Waals surface area contributed by atoms with Crippen molar-refractivity contribution in [3.8, 4) is 11.4 Å². The lowest BCUT2D eigenvalue weighted by molar-refractivity contribution is 0.0938. The summed E-state index contributed by atoms with van der Waals surface area (Å²) in [5.41, 5.74) is 1.07. The molecule has 0 bridgehead atoms. The molecule has 8 heteroatoms. The maximum absolute atomic E-state index is 12.7. The van der Waals surface area contributed by atoms with Crippen LogP contribution in [0.3, 0.4) is 0 Å². The van der Waals surface area contributed by atoms with E-state index in [9.17, 15) is 4.79 Å². The summed E-state index contributed by atoms with van der Waals surface area (Å²) in [6.45, 7) is 5.40. The first-order valence-electron chi connectivity index (χ1n) is 9.25. The molecule has 0 radical (unpaired) electrons. The molecule has 0 spiro atoms. The summed E-state index contributed by atoms with van der Waals surface area (Å²) in [5.74, 6) is 0.996. The van der Waals surface area contributed by atoms with Crippen LogP contribution >= 0.6 is 11.6 Å². The lowest BCUT2D eigenvalue weighted by Crippen LogP contribution is -2.38. The molecule has 4 rings (SSSR count). The number of aromatic nitrogens is 3. The summed E-state index contributed by atoms with van der Waals surface area (Å²) in [5, 5.41) is 7.96. The Labute approximate surface area is 162 Å². The van der Waals surface area contributed by atoms with Gasteiger partial charge < -0.3 is 14.6 Å². The number of fused-ring (bicyclic) bond motifs is 1. The Kier molecular flexibility index (Phi) is 5.13. The molecule has 1 aromatic carbocycles. The summed E-state index contributed by atoms with van der Waals surface area (Å²) in [6, 6.07) is 7.32. The number of rotatable bonds is 5. The Hall–Kier alpha value is -2.38. The van der Waals surface area contributed by atoms with Crippen LogP contribution in [-0.4, -0.2) is 51.6 Å². The van der Waals surface area contributed by atoms with Crippen LogP contribution in [0, 0.1) is 6.92 Å². The first-order chi connectivity index (χ1) is 13.1. The average Bonchev–Trinajstić information content (AvgIpc) is 3.19. The lowest BCUT2D eigenvalue weighted by Gasteiger charge is -2.26. The molecular formula is C19H22ClN5O2. The van der Waals surface area contributed by atoms with Gasteiger partial charge in [0.05, 0.1) is 5.02 Å². The van der Waals surface area contributed by atoms with Crippen molar-refractivity contribution < 1.29 is 9.21 Å². The third kappa shape index (κ3) is 3.70. The quantitative estimate of drug-likeness (QED) is 0.727. The van der Waals surface area contributed by atoms with E-state index >= 15 is 0 Å². The highest BCUT2D eigenvalue weighted by Gasteiger charge is 2.22. The van der Waals surface area contributed by atoms with Crippen LogP contribution in [0.25, 0.3) is 17.2 Å². The topological polar surface area (TPSA) is 75.7 Å². The molecule has 3 heterocycles. The molecule has 0 aliphatic carbocycles. The highest BCUT2D eigenvalue weighted by atomic mass is 35.5. The predicted molar refractivity (Wildman–Crippen MR) is 103 cm³/mol. The van der Waals surface area contributed by atoms with E-state index in [1.165, 1.54) is 23.8 Å². The van der Waals surface area contributed by atoms with Crippen molar-refractivity contribution in [3.63, 3.8) is 0 Å². The second-order valence-corrected chi connectivity index (χ2v) is 7.18. The van der Waals surface area contributed by atoms with E-state index in [0.717, 1.165) is 19.6 Å². The van der Waals surface area contributed by atoms with E-state index in [1.54, 1.807) is 13.0 Å². The van der Waals surface area contributed by atoms with Crippen molar-refractivity contribution >= 4 is 23.4 Å². The highest BCUT2D eigenvalue weighted by molar-refractivity contribution is 6.33. The molecular weight excluding hydrogens is 366 g/mol. The van der Waals surface area contributed by atoms with Gasteiger partial charge in [-0.05, 0) is 45.0 Å². The van der Waals surface area contributed by atoms with Crippen molar-refractivity contribution in [1.29, 1.82) is 0 Å². The molecule has 142 valence electrons. The first kappa shape index (κ1) is 18.0. The number of hydrogen-bond acceptors (Lipinski definition) is 5. The molecule has 27 heavy (non-hydrogen) atoms. The summed E-state index contributed by atoms with van der Waals surface area (Å²) >= 11 is 6.23. The van der Waals surface area contributed by atoms with Gasteiger partial charge in [0.1, 0.15) is 5.76 Å². The van der Waals surface area contributed by atoms with Gasteiger partial charge in [-0.2, -0.15) is 9.50 Å². The van der Waals surface area contributed by atoms with E-state index in [0.29, 0.717) is 34.4 Å². The van der Waals surface area contributed by atoms with Crippen molar-refractivity contribution in [3.05, 3.63) is 40.7 Å². The third-order valence-corrected chi connectivity index (χ3v) is 5.19. The molecule has 1 aliphatic rings. The lowest BCUT2D eigenvalue weighted by atomic mass is 10.1. The molecule has 1 N–H and O–H groups in total. The van der Waals surface area contributed by atoms with Gasteiger partial charge in [-0.3, -0.25) is 4.79 Å². The largest absolute Gasteiger partial charge is 0.427 e. The van der Waals surface area contributed by atoms with Crippen LogP contribution in [-0.2, 0) is 0 Å². The fourth-order valence-corrected chi connectivity index (χ4v) is 3.67. The zero-order valence-corrected chi connectivity index (χ0v) is 16.0. The van der Waals surface area contributed by atoms with E-state index in [4.69, 9.17) is 16.0 Å². The van der Waals surface area contributed by atoms with Gasteiger partial charge in [0.25, 0.3) is 5.91 Å². The minimum atomic E-state index is -0.209. The molecule has 1 aliphatic heterocycles. The number of benzene rings is 1. The van der Waals surface area contributed by atoms with E-state index < -0.39 is 0 Å². The zero-order chi connectivity index (χ0) is 18.8. The first-order valence-corrected chi connectivity index (χ1v) is 9.63. The third-order valence-electron chi connectivity index (χ3n) is 4.86. The number of amides is 1. The Bertz CT molecular complexity index is 958. The number of carbonyl (C=O) groups is 1. The van der Waals surface area contributed by atoms with Gasteiger partial charge in [0.15, 0.2) is 11.5 Å². The van der Waals surface area contributed by atoms with Crippen LogP contribution < -0.4 is 5.32 Å². The Morgan fingerprint density at radius 2 is 2.04 bits per heavy atom. The molecule has 0 saturated carbocycles. The molecule has 1 amide bonds. The van der Waals surface area contributed by atoms with Crippen molar-refractivity contribution in [2.75, 3.05) is 26.2 Å². The molecule has 1 saturated heterocycles. The minimum absolute atomic E-state index is 0.209. The summed E-state index contributed by atoms with van der Waals surface area (Å²) in [7, 11) is 0. The van der Waals surface area contributed by atoms with Crippen LogP contribution in [0.4, 0.5) is 0 Å². The summed E-state index contributed by atoms with van der Waals surface area (Å²) < 4.78 is 7.08. The fourth-order valence-electron chi connectivity index (χ4n) is 3.45. The maximum Gasteiger partial charge on any atom is 0.325 e. The number of oxazole rings is 1. The maximum atomic E-state index is 12.7. The number of halogens is 1. The second kappa shape index (κ2) is 7.70. The Morgan fingerprint density at radius 1 is 1.26 bits per heavy atom. The summed E-state index contributed by atoms with van der Waals surface area (Å²) in [6.07, 6.45) is 3.77. The van der Waals surface area contributed by atoms with Gasteiger partial charge in [0, 0.05) is 18.7 Å². The molecule has 0 atom stereocenters. The standard InChI is InChI=1S/C19H22ClN5O2/c1-13-16(18(26)21-9-12-24-10-5-2-6-11-24)25-19(27-13)22-17(23-25)14-7-3-4-8-15(14)20/h3-4,7-8H,2,5-6,9-12H2,1H3,(H,21,26). The number of nitrogens with zero attached hydrogens (tertiary/aromatic N) is 4. The second-order valence-electron chi connectivity index (χ2n) is 6.77. The Balaban J connectivity index is 1.51. The monoisotopic (exact) mass is 387 g/mol. The molecule has 1 fully saturated rings. The minimum Gasteiger partial charge on any atom is -0.427 e. The number of carbonyl (C=O) groups excluding carboxylic acids is 1. The van der Waals surface area contributed by atoms with Crippen LogP contribution in [0.5, 0.6) is 0 Å². The van der Waals surface area contributed by atoms with Crippen molar-refractivity contribution in [2.45, 2.75) is 26.2 Å². The average molecular weight is 388 g/mol. The van der Waals surface area contributed by atoms with Gasteiger partial charge >= 0.3 is 5.84 Å². The predicted octanol–water partition coefficient (Wildman–Crippen LogP) is 3.17. The molecule has 0 unspecified atom stereocenters. The van der Waals surface area contributed by atoms with E-state index in [1.807, 2.05) is 18.2 Å². The Morgan fingerprint density at radius 3 is 2.81 bits per heavy atom. The smallest absolute Gasteiger partial charge is 0.325 e. The van der Waals surface area contributed by atoms with Gasteiger partial charge in [0.2, 0.25) is 0 Å². The van der Waals surface area contributed by atoms with Gasteiger partial charge in [-0.1, -0.05) is 30.2 Å². The molecule has 3 aromatic rings. The van der Waals surface area contributed by atoms with Gasteiger partial charge in [-0.25, -0.2) is 0 Å².